The fourth-order valence-corrected chi connectivity index (χ4v) is 4.82. The summed E-state index contributed by atoms with van der Waals surface area (Å²) < 4.78 is 23.2. The highest BCUT2D eigenvalue weighted by atomic mass is 32.2. The number of hydrogen-bond acceptors (Lipinski definition) is 4. The summed E-state index contributed by atoms with van der Waals surface area (Å²) in [7, 11) is -0.905. The van der Waals surface area contributed by atoms with Gasteiger partial charge in [-0.25, -0.2) is 8.42 Å². The lowest BCUT2D eigenvalue weighted by molar-refractivity contribution is 0.395. The molecular formula is C15H24N2O2S. The third-order valence-electron chi connectivity index (χ3n) is 3.97. The lowest BCUT2D eigenvalue weighted by atomic mass is 9.99. The largest absolute Gasteiger partial charge is 0.319 e. The first-order chi connectivity index (χ1) is 9.44. The third kappa shape index (κ3) is 4.04. The van der Waals surface area contributed by atoms with Crippen LogP contribution in [-0.2, 0) is 22.8 Å². The van der Waals surface area contributed by atoms with E-state index >= 15 is 0 Å². The van der Waals surface area contributed by atoms with E-state index in [0.717, 1.165) is 19.5 Å². The van der Waals surface area contributed by atoms with Crippen LogP contribution in [0, 0.1) is 0 Å². The summed E-state index contributed by atoms with van der Waals surface area (Å²) >= 11 is 0. The number of hydrogen-bond donors (Lipinski definition) is 2. The Morgan fingerprint density at radius 2 is 1.95 bits per heavy atom. The minimum atomic E-state index is -2.86. The van der Waals surface area contributed by atoms with Gasteiger partial charge in [-0.3, -0.25) is 0 Å². The molecule has 0 saturated carbocycles. The monoisotopic (exact) mass is 296 g/mol. The predicted octanol–water partition coefficient (Wildman–Crippen LogP) is 1.12. The van der Waals surface area contributed by atoms with Crippen molar-refractivity contribution in [3.63, 3.8) is 0 Å². The highest BCUT2D eigenvalue weighted by Crippen LogP contribution is 2.23. The maximum atomic E-state index is 11.6. The molecule has 5 heteroatoms. The first-order valence-electron chi connectivity index (χ1n) is 7.11. The molecule has 1 aromatic rings. The van der Waals surface area contributed by atoms with Crippen molar-refractivity contribution in [2.45, 2.75) is 31.8 Å². The van der Waals surface area contributed by atoms with Gasteiger partial charge in [0.2, 0.25) is 0 Å². The van der Waals surface area contributed by atoms with Gasteiger partial charge in [-0.15, -0.1) is 0 Å². The lowest BCUT2D eigenvalue weighted by Crippen LogP contribution is -2.43. The number of benzene rings is 1. The molecule has 4 nitrogen and oxygen atoms in total. The zero-order valence-electron chi connectivity index (χ0n) is 12.3. The van der Waals surface area contributed by atoms with Crippen molar-refractivity contribution in [2.75, 3.05) is 25.1 Å². The van der Waals surface area contributed by atoms with E-state index in [2.05, 4.69) is 28.8 Å². The summed E-state index contributed by atoms with van der Waals surface area (Å²) in [6.45, 7) is 3.68. The molecule has 1 aromatic carbocycles. The molecule has 0 aromatic heterocycles. The molecule has 2 N–H and O–H groups in total. The second-order valence-electron chi connectivity index (χ2n) is 5.88. The zero-order chi connectivity index (χ0) is 14.6. The van der Waals surface area contributed by atoms with Crippen molar-refractivity contribution in [2.24, 2.45) is 0 Å². The van der Waals surface area contributed by atoms with Crippen LogP contribution in [0.3, 0.4) is 0 Å². The van der Waals surface area contributed by atoms with Crippen LogP contribution < -0.4 is 10.6 Å². The molecular weight excluding hydrogens is 272 g/mol. The van der Waals surface area contributed by atoms with E-state index in [0.29, 0.717) is 12.2 Å². The van der Waals surface area contributed by atoms with E-state index in [1.165, 1.54) is 11.1 Å². The molecule has 0 bridgehead atoms. The van der Waals surface area contributed by atoms with Gasteiger partial charge in [-0.1, -0.05) is 24.3 Å². The quantitative estimate of drug-likeness (QED) is 0.826. The molecule has 1 heterocycles. The van der Waals surface area contributed by atoms with Crippen LogP contribution in [-0.4, -0.2) is 39.1 Å². The summed E-state index contributed by atoms with van der Waals surface area (Å²) in [5, 5.41) is 6.61. The molecule has 2 rings (SSSR count). The van der Waals surface area contributed by atoms with Gasteiger partial charge in [0.25, 0.3) is 0 Å². The Bertz CT molecular complexity index is 557. The standard InChI is InChI=1S/C15H24N2O2S/c1-15(8-10-20(18,19)12-15)17-11-14-6-4-3-5-13(14)7-9-16-2/h3-6,16-17H,7-12H2,1-2H3. The van der Waals surface area contributed by atoms with Crippen LogP contribution in [0.1, 0.15) is 24.5 Å². The maximum Gasteiger partial charge on any atom is 0.152 e. The van der Waals surface area contributed by atoms with Gasteiger partial charge in [-0.2, -0.15) is 0 Å². The second-order valence-corrected chi connectivity index (χ2v) is 8.06. The van der Waals surface area contributed by atoms with E-state index in [-0.39, 0.29) is 11.3 Å². The molecule has 0 spiro atoms. The van der Waals surface area contributed by atoms with Crippen molar-refractivity contribution < 1.29 is 8.42 Å². The fraction of sp³-hybridized carbons (Fsp3) is 0.600. The van der Waals surface area contributed by atoms with Gasteiger partial charge in [0.15, 0.2) is 9.84 Å². The summed E-state index contributed by atoms with van der Waals surface area (Å²) in [5.41, 5.74) is 2.29. The number of likely N-dealkylation sites (N-methyl/N-ethyl adjacent to an activating group) is 1. The number of nitrogens with one attached hydrogen (secondary N) is 2. The molecule has 112 valence electrons. The van der Waals surface area contributed by atoms with Crippen LogP contribution in [0.15, 0.2) is 24.3 Å². The fourth-order valence-electron chi connectivity index (χ4n) is 2.69. The minimum Gasteiger partial charge on any atom is -0.319 e. The first-order valence-corrected chi connectivity index (χ1v) is 8.93. The zero-order valence-corrected chi connectivity index (χ0v) is 13.1. The SMILES string of the molecule is CNCCc1ccccc1CNC1(C)CCS(=O)(=O)C1. The minimum absolute atomic E-state index is 0.249. The maximum absolute atomic E-state index is 11.6. The van der Waals surface area contributed by atoms with Crippen LogP contribution in [0.5, 0.6) is 0 Å². The van der Waals surface area contributed by atoms with Crippen LogP contribution in [0.4, 0.5) is 0 Å². The van der Waals surface area contributed by atoms with Crippen molar-refractivity contribution in [1.29, 1.82) is 0 Å². The predicted molar refractivity (Wildman–Crippen MR) is 82.6 cm³/mol. The Kier molecular flexibility index (Phi) is 4.83. The van der Waals surface area contributed by atoms with E-state index in [1.54, 1.807) is 0 Å². The lowest BCUT2D eigenvalue weighted by Gasteiger charge is -2.24. The summed E-state index contributed by atoms with van der Waals surface area (Å²) in [4.78, 5) is 0. The van der Waals surface area contributed by atoms with Gasteiger partial charge in [0.05, 0.1) is 11.5 Å². The topological polar surface area (TPSA) is 58.2 Å². The molecule has 0 amide bonds. The summed E-state index contributed by atoms with van der Waals surface area (Å²) in [6.07, 6.45) is 1.69. The molecule has 0 radical (unpaired) electrons. The highest BCUT2D eigenvalue weighted by Gasteiger charge is 2.37. The second kappa shape index (κ2) is 6.24. The number of rotatable bonds is 6. The third-order valence-corrected chi connectivity index (χ3v) is 5.87. The molecule has 1 saturated heterocycles. The highest BCUT2D eigenvalue weighted by molar-refractivity contribution is 7.91. The van der Waals surface area contributed by atoms with Crippen LogP contribution in [0.25, 0.3) is 0 Å². The van der Waals surface area contributed by atoms with Crippen molar-refractivity contribution in [3.05, 3.63) is 35.4 Å². The smallest absolute Gasteiger partial charge is 0.152 e. The van der Waals surface area contributed by atoms with E-state index in [1.807, 2.05) is 20.0 Å². The van der Waals surface area contributed by atoms with Gasteiger partial charge < -0.3 is 10.6 Å². The Labute approximate surface area is 121 Å². The average Bonchev–Trinajstić information content (AvgIpc) is 2.69. The molecule has 1 aliphatic rings. The van der Waals surface area contributed by atoms with E-state index in [9.17, 15) is 8.42 Å². The summed E-state index contributed by atoms with van der Waals surface area (Å²) in [6, 6.07) is 8.34. The van der Waals surface area contributed by atoms with E-state index in [4.69, 9.17) is 0 Å². The van der Waals surface area contributed by atoms with Crippen molar-refractivity contribution >= 4 is 9.84 Å². The molecule has 20 heavy (non-hydrogen) atoms. The first kappa shape index (κ1) is 15.5. The van der Waals surface area contributed by atoms with Gasteiger partial charge >= 0.3 is 0 Å². The number of sulfone groups is 1. The van der Waals surface area contributed by atoms with Crippen LogP contribution in [0.2, 0.25) is 0 Å². The van der Waals surface area contributed by atoms with Crippen LogP contribution >= 0.6 is 0 Å². The molecule has 1 atom stereocenters. The molecule has 1 unspecified atom stereocenters. The molecule has 1 fully saturated rings. The molecule has 1 aliphatic heterocycles. The Hall–Kier alpha value is -0.910. The van der Waals surface area contributed by atoms with Gasteiger partial charge in [0, 0.05) is 12.1 Å². The Morgan fingerprint density at radius 1 is 1.25 bits per heavy atom. The Balaban J connectivity index is 2.00. The normalized spacial score (nSPS) is 24.9. The van der Waals surface area contributed by atoms with Gasteiger partial charge in [-0.05, 0) is 44.5 Å². The van der Waals surface area contributed by atoms with Crippen molar-refractivity contribution in [1.82, 2.24) is 10.6 Å². The van der Waals surface area contributed by atoms with Crippen molar-refractivity contribution in [3.8, 4) is 0 Å². The Morgan fingerprint density at radius 3 is 2.55 bits per heavy atom. The summed E-state index contributed by atoms with van der Waals surface area (Å²) in [5.74, 6) is 0.552. The molecule has 0 aliphatic carbocycles. The van der Waals surface area contributed by atoms with E-state index < -0.39 is 9.84 Å². The van der Waals surface area contributed by atoms with Gasteiger partial charge in [0.1, 0.15) is 0 Å². The average molecular weight is 296 g/mol.